The van der Waals surface area contributed by atoms with Crippen molar-refractivity contribution < 1.29 is 9.53 Å². The van der Waals surface area contributed by atoms with Gasteiger partial charge in [-0.3, -0.25) is 4.79 Å². The summed E-state index contributed by atoms with van der Waals surface area (Å²) >= 11 is 4.83. The molecule has 1 atom stereocenters. The maximum atomic E-state index is 11.8. The molecule has 112 valence electrons. The van der Waals surface area contributed by atoms with E-state index >= 15 is 0 Å². The van der Waals surface area contributed by atoms with E-state index in [1.165, 1.54) is 16.9 Å². The molecule has 2 aromatic rings. The Morgan fingerprint density at radius 3 is 2.76 bits per heavy atom. The second kappa shape index (κ2) is 7.56. The van der Waals surface area contributed by atoms with Gasteiger partial charge < -0.3 is 10.1 Å². The van der Waals surface area contributed by atoms with Crippen LogP contribution in [0, 0.1) is 0 Å². The molecular formula is C15H17BrN2O2S. The number of nitrogens with zero attached hydrogens (tertiary/aromatic N) is 1. The number of aromatic nitrogens is 1. The largest absolute Gasteiger partial charge is 0.497 e. The average Bonchev–Trinajstić information content (AvgIpc) is 2.94. The van der Waals surface area contributed by atoms with Gasteiger partial charge in [0.15, 0.2) is 5.13 Å². The molecule has 21 heavy (non-hydrogen) atoms. The molecule has 1 aromatic carbocycles. The van der Waals surface area contributed by atoms with Crippen LogP contribution >= 0.6 is 27.3 Å². The van der Waals surface area contributed by atoms with E-state index in [-0.39, 0.29) is 10.7 Å². The van der Waals surface area contributed by atoms with E-state index < -0.39 is 0 Å². The molecule has 0 saturated heterocycles. The number of hydrogen-bond donors (Lipinski definition) is 1. The molecule has 0 aliphatic rings. The zero-order valence-electron chi connectivity index (χ0n) is 11.9. The van der Waals surface area contributed by atoms with E-state index in [2.05, 4.69) is 26.2 Å². The molecule has 1 N–H and O–H groups in total. The number of thiazole rings is 1. The molecule has 0 bridgehead atoms. The van der Waals surface area contributed by atoms with Crippen LogP contribution in [0.2, 0.25) is 0 Å². The Labute approximate surface area is 136 Å². The minimum absolute atomic E-state index is 0.0529. The number of benzene rings is 1. The van der Waals surface area contributed by atoms with Crippen molar-refractivity contribution in [3.8, 4) is 5.75 Å². The first-order valence-corrected chi connectivity index (χ1v) is 8.38. The number of rotatable bonds is 6. The number of amides is 1. The van der Waals surface area contributed by atoms with Crippen molar-refractivity contribution in [2.24, 2.45) is 0 Å². The van der Waals surface area contributed by atoms with Crippen LogP contribution in [0.5, 0.6) is 5.75 Å². The van der Waals surface area contributed by atoms with Crippen LogP contribution in [0.25, 0.3) is 0 Å². The van der Waals surface area contributed by atoms with Crippen LogP contribution in [-0.4, -0.2) is 22.8 Å². The lowest BCUT2D eigenvalue weighted by atomic mass is 10.1. The Morgan fingerprint density at radius 1 is 1.43 bits per heavy atom. The predicted molar refractivity (Wildman–Crippen MR) is 89.5 cm³/mol. The predicted octanol–water partition coefficient (Wildman–Crippen LogP) is 3.85. The van der Waals surface area contributed by atoms with E-state index in [1.807, 2.05) is 31.2 Å². The van der Waals surface area contributed by atoms with Crippen LogP contribution in [0.3, 0.4) is 0 Å². The standard InChI is InChI=1S/C15H17BrN2O2S/c1-3-13(16)14(19)18-15-17-9-12(21-15)8-10-4-6-11(20-2)7-5-10/h4-7,9,13H,3,8H2,1-2H3,(H,17,18,19). The summed E-state index contributed by atoms with van der Waals surface area (Å²) in [7, 11) is 1.65. The van der Waals surface area contributed by atoms with Gasteiger partial charge in [-0.25, -0.2) is 4.98 Å². The second-order valence-corrected chi connectivity index (χ2v) is 6.74. The lowest BCUT2D eigenvalue weighted by Gasteiger charge is -2.05. The molecule has 0 saturated carbocycles. The van der Waals surface area contributed by atoms with Gasteiger partial charge in [-0.1, -0.05) is 35.0 Å². The number of ether oxygens (including phenoxy) is 1. The summed E-state index contributed by atoms with van der Waals surface area (Å²) in [6.45, 7) is 1.95. The smallest absolute Gasteiger partial charge is 0.239 e. The first kappa shape index (κ1) is 16.0. The maximum Gasteiger partial charge on any atom is 0.239 e. The Kier molecular flexibility index (Phi) is 5.76. The average molecular weight is 369 g/mol. The molecule has 0 aliphatic heterocycles. The van der Waals surface area contributed by atoms with E-state index in [0.717, 1.165) is 23.5 Å². The van der Waals surface area contributed by atoms with Gasteiger partial charge in [0.25, 0.3) is 0 Å². The lowest BCUT2D eigenvalue weighted by molar-refractivity contribution is -0.115. The fourth-order valence-corrected chi connectivity index (χ4v) is 2.72. The van der Waals surface area contributed by atoms with Gasteiger partial charge in [0, 0.05) is 17.5 Å². The SMILES string of the molecule is CCC(Br)C(=O)Nc1ncc(Cc2ccc(OC)cc2)s1. The van der Waals surface area contributed by atoms with Crippen molar-refractivity contribution >= 4 is 38.3 Å². The van der Waals surface area contributed by atoms with Crippen LogP contribution in [-0.2, 0) is 11.2 Å². The monoisotopic (exact) mass is 368 g/mol. The number of methoxy groups -OCH3 is 1. The molecule has 1 heterocycles. The molecule has 6 heteroatoms. The highest BCUT2D eigenvalue weighted by atomic mass is 79.9. The third-order valence-electron chi connectivity index (χ3n) is 2.96. The molecule has 0 aliphatic carbocycles. The highest BCUT2D eigenvalue weighted by Gasteiger charge is 2.14. The van der Waals surface area contributed by atoms with Crippen LogP contribution in [0.4, 0.5) is 5.13 Å². The lowest BCUT2D eigenvalue weighted by Crippen LogP contribution is -2.21. The van der Waals surface area contributed by atoms with Crippen molar-refractivity contribution in [3.63, 3.8) is 0 Å². The molecular weight excluding hydrogens is 352 g/mol. The highest BCUT2D eigenvalue weighted by molar-refractivity contribution is 9.10. The number of carbonyl (C=O) groups excluding carboxylic acids is 1. The van der Waals surface area contributed by atoms with Gasteiger partial charge >= 0.3 is 0 Å². The Balaban J connectivity index is 1.97. The topological polar surface area (TPSA) is 51.2 Å². The van der Waals surface area contributed by atoms with Gasteiger partial charge in [0.2, 0.25) is 5.91 Å². The van der Waals surface area contributed by atoms with Crippen LogP contribution in [0.1, 0.15) is 23.8 Å². The van der Waals surface area contributed by atoms with Gasteiger partial charge in [-0.2, -0.15) is 0 Å². The third-order valence-corrected chi connectivity index (χ3v) is 4.94. The number of anilines is 1. The van der Waals surface area contributed by atoms with Crippen molar-refractivity contribution in [2.45, 2.75) is 24.6 Å². The summed E-state index contributed by atoms with van der Waals surface area (Å²) in [6.07, 6.45) is 3.35. The Hall–Kier alpha value is -1.40. The van der Waals surface area contributed by atoms with Gasteiger partial charge in [-0.15, -0.1) is 11.3 Å². The Bertz CT molecular complexity index is 598. The number of hydrogen-bond acceptors (Lipinski definition) is 4. The minimum Gasteiger partial charge on any atom is -0.497 e. The van der Waals surface area contributed by atoms with E-state index in [1.54, 1.807) is 13.3 Å². The summed E-state index contributed by atoms with van der Waals surface area (Å²) in [6, 6.07) is 7.94. The molecule has 1 amide bonds. The van der Waals surface area contributed by atoms with E-state index in [4.69, 9.17) is 4.74 Å². The number of carbonyl (C=O) groups is 1. The van der Waals surface area contributed by atoms with Gasteiger partial charge in [0.1, 0.15) is 5.75 Å². The summed E-state index contributed by atoms with van der Waals surface area (Å²) in [4.78, 5) is 17.0. The van der Waals surface area contributed by atoms with Crippen molar-refractivity contribution in [1.82, 2.24) is 4.98 Å². The third kappa shape index (κ3) is 4.54. The van der Waals surface area contributed by atoms with Crippen molar-refractivity contribution in [2.75, 3.05) is 12.4 Å². The quantitative estimate of drug-likeness (QED) is 0.787. The van der Waals surface area contributed by atoms with Crippen LogP contribution < -0.4 is 10.1 Å². The summed E-state index contributed by atoms with van der Waals surface area (Å²) < 4.78 is 5.14. The molecule has 1 unspecified atom stereocenters. The molecule has 0 radical (unpaired) electrons. The van der Waals surface area contributed by atoms with Crippen molar-refractivity contribution in [1.29, 1.82) is 0 Å². The van der Waals surface area contributed by atoms with Gasteiger partial charge in [0.05, 0.1) is 11.9 Å². The summed E-state index contributed by atoms with van der Waals surface area (Å²) in [5.74, 6) is 0.793. The summed E-state index contributed by atoms with van der Waals surface area (Å²) in [5.41, 5.74) is 1.18. The normalized spacial score (nSPS) is 12.0. The van der Waals surface area contributed by atoms with E-state index in [0.29, 0.717) is 5.13 Å². The molecule has 2 rings (SSSR count). The zero-order chi connectivity index (χ0) is 15.2. The molecule has 0 spiro atoms. The van der Waals surface area contributed by atoms with E-state index in [9.17, 15) is 4.79 Å². The fraction of sp³-hybridized carbons (Fsp3) is 0.333. The summed E-state index contributed by atoms with van der Waals surface area (Å²) in [5, 5.41) is 3.46. The maximum absolute atomic E-state index is 11.8. The molecule has 0 fully saturated rings. The first-order chi connectivity index (χ1) is 10.1. The Morgan fingerprint density at radius 2 is 2.14 bits per heavy atom. The number of halogens is 1. The van der Waals surface area contributed by atoms with Gasteiger partial charge in [-0.05, 0) is 24.1 Å². The zero-order valence-corrected chi connectivity index (χ0v) is 14.3. The number of alkyl halides is 1. The fourth-order valence-electron chi connectivity index (χ4n) is 1.76. The highest BCUT2D eigenvalue weighted by Crippen LogP contribution is 2.23. The van der Waals surface area contributed by atoms with Crippen molar-refractivity contribution in [3.05, 3.63) is 40.9 Å². The minimum atomic E-state index is -0.175. The second-order valence-electron chi connectivity index (χ2n) is 4.52. The molecule has 4 nitrogen and oxygen atoms in total. The molecule has 1 aromatic heterocycles. The number of nitrogens with one attached hydrogen (secondary N) is 1. The van der Waals surface area contributed by atoms with Crippen LogP contribution in [0.15, 0.2) is 30.5 Å². The first-order valence-electron chi connectivity index (χ1n) is 6.65.